The highest BCUT2D eigenvalue weighted by molar-refractivity contribution is 5.74. The predicted octanol–water partition coefficient (Wildman–Crippen LogP) is 2.28. The summed E-state index contributed by atoms with van der Waals surface area (Å²) in [6, 6.07) is 4.52. The first-order valence-electron chi connectivity index (χ1n) is 4.75. The van der Waals surface area contributed by atoms with Gasteiger partial charge in [0.2, 0.25) is 6.17 Å². The fourth-order valence-electron chi connectivity index (χ4n) is 2.14. The third-order valence-electron chi connectivity index (χ3n) is 2.83. The van der Waals surface area contributed by atoms with Crippen LogP contribution >= 0.6 is 0 Å². The molecule has 1 aliphatic carbocycles. The monoisotopic (exact) mass is 212 g/mol. The minimum Gasteiger partial charge on any atom is -0.479 e. The van der Waals surface area contributed by atoms with Crippen LogP contribution in [0.25, 0.3) is 0 Å². The van der Waals surface area contributed by atoms with Crippen LogP contribution in [0.5, 0.6) is 0 Å². The van der Waals surface area contributed by atoms with Gasteiger partial charge >= 0.3 is 5.97 Å². The van der Waals surface area contributed by atoms with E-state index in [9.17, 15) is 13.6 Å². The van der Waals surface area contributed by atoms with Gasteiger partial charge in [0.15, 0.2) is 0 Å². The average molecular weight is 212 g/mol. The zero-order chi connectivity index (χ0) is 11.0. The van der Waals surface area contributed by atoms with Gasteiger partial charge in [-0.3, -0.25) is 0 Å². The number of alkyl halides is 1. The zero-order valence-corrected chi connectivity index (χ0v) is 7.91. The first-order chi connectivity index (χ1) is 7.11. The summed E-state index contributed by atoms with van der Waals surface area (Å²) in [5.74, 6) is -2.85. The molecule has 0 amide bonds. The van der Waals surface area contributed by atoms with Crippen molar-refractivity contribution in [1.29, 1.82) is 0 Å². The third kappa shape index (κ3) is 1.60. The molecule has 1 aromatic carbocycles. The summed E-state index contributed by atoms with van der Waals surface area (Å²) in [5.41, 5.74) is 0.969. The van der Waals surface area contributed by atoms with E-state index in [1.807, 2.05) is 0 Å². The number of halogens is 2. The van der Waals surface area contributed by atoms with Crippen LogP contribution in [0.2, 0.25) is 0 Å². The molecule has 1 N–H and O–H groups in total. The normalized spacial score (nSPS) is 21.1. The van der Waals surface area contributed by atoms with Gasteiger partial charge in [-0.15, -0.1) is 0 Å². The molecular formula is C11H10F2O2. The summed E-state index contributed by atoms with van der Waals surface area (Å²) >= 11 is 0. The number of carbonyl (C=O) groups is 1. The summed E-state index contributed by atoms with van der Waals surface area (Å²) in [5, 5.41) is 8.56. The summed E-state index contributed by atoms with van der Waals surface area (Å²) in [6.45, 7) is 0. The summed E-state index contributed by atoms with van der Waals surface area (Å²) in [7, 11) is 0. The van der Waals surface area contributed by atoms with E-state index in [4.69, 9.17) is 5.11 Å². The minimum absolute atomic E-state index is 0.243. The molecule has 0 spiro atoms. The largest absolute Gasteiger partial charge is 0.479 e. The van der Waals surface area contributed by atoms with Crippen molar-refractivity contribution in [2.24, 2.45) is 0 Å². The molecule has 1 aliphatic rings. The number of aliphatic carboxylic acids is 1. The molecule has 80 valence electrons. The Morgan fingerprint density at radius 2 is 2.27 bits per heavy atom. The number of aryl methyl sites for hydroxylation is 1. The lowest BCUT2D eigenvalue weighted by Gasteiger charge is -2.13. The molecule has 15 heavy (non-hydrogen) atoms. The molecule has 2 atom stereocenters. The molecule has 0 saturated heterocycles. The third-order valence-corrected chi connectivity index (χ3v) is 2.83. The van der Waals surface area contributed by atoms with Crippen molar-refractivity contribution in [3.05, 3.63) is 35.1 Å². The van der Waals surface area contributed by atoms with Crippen molar-refractivity contribution < 1.29 is 18.7 Å². The van der Waals surface area contributed by atoms with E-state index in [0.29, 0.717) is 12.8 Å². The smallest absolute Gasteiger partial charge is 0.338 e. The van der Waals surface area contributed by atoms with E-state index in [1.54, 1.807) is 12.1 Å². The van der Waals surface area contributed by atoms with Crippen LogP contribution in [-0.4, -0.2) is 17.2 Å². The molecule has 0 fully saturated rings. The lowest BCUT2D eigenvalue weighted by molar-refractivity contribution is -0.143. The van der Waals surface area contributed by atoms with Gasteiger partial charge < -0.3 is 5.11 Å². The Morgan fingerprint density at radius 3 is 2.93 bits per heavy atom. The highest BCUT2D eigenvalue weighted by Gasteiger charge is 2.36. The van der Waals surface area contributed by atoms with Crippen LogP contribution in [0.15, 0.2) is 18.2 Å². The molecule has 2 nitrogen and oxygen atoms in total. The van der Waals surface area contributed by atoms with E-state index in [0.717, 1.165) is 5.56 Å². The molecule has 0 aliphatic heterocycles. The van der Waals surface area contributed by atoms with Gasteiger partial charge in [-0.05, 0) is 30.0 Å². The van der Waals surface area contributed by atoms with Crippen molar-refractivity contribution in [2.45, 2.75) is 24.9 Å². The molecule has 0 heterocycles. The SMILES string of the molecule is O=C(O)C(F)C1CCc2cccc(F)c21. The van der Waals surface area contributed by atoms with E-state index in [2.05, 4.69) is 0 Å². The Kier molecular flexibility index (Phi) is 2.42. The van der Waals surface area contributed by atoms with Gasteiger partial charge in [-0.2, -0.15) is 0 Å². The number of hydrogen-bond acceptors (Lipinski definition) is 1. The molecule has 0 bridgehead atoms. The Hall–Kier alpha value is -1.45. The molecule has 1 aromatic rings. The number of benzene rings is 1. The van der Waals surface area contributed by atoms with Gasteiger partial charge in [0, 0.05) is 5.92 Å². The summed E-state index contributed by atoms with van der Waals surface area (Å²) < 4.78 is 26.7. The first kappa shape index (κ1) is 10.1. The highest BCUT2D eigenvalue weighted by atomic mass is 19.1. The number of carboxylic acid groups (broad SMARTS) is 1. The van der Waals surface area contributed by atoms with E-state index < -0.39 is 23.9 Å². The molecule has 2 unspecified atom stereocenters. The quantitative estimate of drug-likeness (QED) is 0.816. The zero-order valence-electron chi connectivity index (χ0n) is 7.91. The second-order valence-corrected chi connectivity index (χ2v) is 3.70. The lowest BCUT2D eigenvalue weighted by Crippen LogP contribution is -2.22. The van der Waals surface area contributed by atoms with Crippen LogP contribution in [0, 0.1) is 5.82 Å². The average Bonchev–Trinajstić information content (AvgIpc) is 2.61. The minimum atomic E-state index is -2.01. The topological polar surface area (TPSA) is 37.3 Å². The van der Waals surface area contributed by atoms with Gasteiger partial charge in [0.05, 0.1) is 0 Å². The molecule has 0 aromatic heterocycles. The number of rotatable bonds is 2. The van der Waals surface area contributed by atoms with Gasteiger partial charge in [0.25, 0.3) is 0 Å². The number of fused-ring (bicyclic) bond motifs is 1. The van der Waals surface area contributed by atoms with Gasteiger partial charge in [-0.1, -0.05) is 12.1 Å². The van der Waals surface area contributed by atoms with Crippen molar-refractivity contribution >= 4 is 5.97 Å². The summed E-state index contributed by atoms with van der Waals surface area (Å²) in [6.07, 6.45) is -1.10. The van der Waals surface area contributed by atoms with Gasteiger partial charge in [0.1, 0.15) is 5.82 Å². The second-order valence-electron chi connectivity index (χ2n) is 3.70. The lowest BCUT2D eigenvalue weighted by atomic mass is 9.96. The van der Waals surface area contributed by atoms with Crippen LogP contribution in [0.3, 0.4) is 0 Å². The number of carboxylic acids is 1. The first-order valence-corrected chi connectivity index (χ1v) is 4.75. The van der Waals surface area contributed by atoms with Gasteiger partial charge in [-0.25, -0.2) is 13.6 Å². The standard InChI is InChI=1S/C11H10F2O2/c12-8-3-1-2-6-4-5-7(9(6)8)10(13)11(14)15/h1-3,7,10H,4-5H2,(H,14,15). The Balaban J connectivity index is 2.39. The van der Waals surface area contributed by atoms with Crippen LogP contribution < -0.4 is 0 Å². The fourth-order valence-corrected chi connectivity index (χ4v) is 2.14. The van der Waals surface area contributed by atoms with Crippen molar-refractivity contribution in [3.8, 4) is 0 Å². The van der Waals surface area contributed by atoms with Crippen molar-refractivity contribution in [1.82, 2.24) is 0 Å². The maximum Gasteiger partial charge on any atom is 0.338 e. The Labute approximate surface area is 85.5 Å². The molecule has 0 saturated carbocycles. The van der Waals surface area contributed by atoms with E-state index >= 15 is 0 Å². The molecule has 0 radical (unpaired) electrons. The molecule has 4 heteroatoms. The van der Waals surface area contributed by atoms with Crippen LogP contribution in [0.1, 0.15) is 23.5 Å². The number of hydrogen-bond donors (Lipinski definition) is 1. The van der Waals surface area contributed by atoms with E-state index in [-0.39, 0.29) is 5.56 Å². The van der Waals surface area contributed by atoms with Crippen LogP contribution in [-0.2, 0) is 11.2 Å². The fraction of sp³-hybridized carbons (Fsp3) is 0.364. The van der Waals surface area contributed by atoms with E-state index in [1.165, 1.54) is 6.07 Å². The summed E-state index contributed by atoms with van der Waals surface area (Å²) in [4.78, 5) is 10.5. The second kappa shape index (κ2) is 3.61. The predicted molar refractivity (Wildman–Crippen MR) is 50.0 cm³/mol. The highest BCUT2D eigenvalue weighted by Crippen LogP contribution is 2.38. The molecular weight excluding hydrogens is 202 g/mol. The van der Waals surface area contributed by atoms with Crippen LogP contribution in [0.4, 0.5) is 8.78 Å². The molecule has 2 rings (SSSR count). The Bertz CT molecular complexity index is 404. The maximum absolute atomic E-state index is 13.4. The Morgan fingerprint density at radius 1 is 1.53 bits per heavy atom. The van der Waals surface area contributed by atoms with Crippen molar-refractivity contribution in [3.63, 3.8) is 0 Å². The maximum atomic E-state index is 13.4. The van der Waals surface area contributed by atoms with Crippen molar-refractivity contribution in [2.75, 3.05) is 0 Å².